The van der Waals surface area contributed by atoms with Gasteiger partial charge in [0.05, 0.1) is 11.4 Å². The zero-order valence-electron chi connectivity index (χ0n) is 9.31. The van der Waals surface area contributed by atoms with E-state index in [9.17, 15) is 13.6 Å². The summed E-state index contributed by atoms with van der Waals surface area (Å²) in [6, 6.07) is 10.9. The number of primary amides is 1. The second-order valence-corrected chi connectivity index (χ2v) is 3.61. The zero-order chi connectivity index (χ0) is 13.1. The molecule has 92 valence electrons. The second-order valence-electron chi connectivity index (χ2n) is 3.61. The molecule has 0 aromatic heterocycles. The number of carbonyl (C=O) groups is 1. The third kappa shape index (κ3) is 2.29. The van der Waals surface area contributed by atoms with E-state index >= 15 is 0 Å². The summed E-state index contributed by atoms with van der Waals surface area (Å²) < 4.78 is 26.0. The van der Waals surface area contributed by atoms with Crippen LogP contribution in [0.5, 0.6) is 0 Å². The van der Waals surface area contributed by atoms with Crippen LogP contribution in [-0.2, 0) is 0 Å². The Labute approximate surface area is 102 Å². The Kier molecular flexibility index (Phi) is 3.23. The van der Waals surface area contributed by atoms with E-state index in [0.717, 1.165) is 17.0 Å². The van der Waals surface area contributed by atoms with Gasteiger partial charge in [-0.3, -0.25) is 4.90 Å². The number of nitrogens with two attached hydrogens (primary N) is 1. The van der Waals surface area contributed by atoms with Crippen molar-refractivity contribution in [3.63, 3.8) is 0 Å². The van der Waals surface area contributed by atoms with Crippen molar-refractivity contribution in [2.24, 2.45) is 5.73 Å². The standard InChI is InChI=1S/C13H10F2N2O/c14-11-7-6-10(8-12(11)15)17(13(16)18)9-4-2-1-3-5-9/h1-8H,(H2,16,18). The molecule has 5 heteroatoms. The molecule has 0 aliphatic rings. The molecule has 0 atom stereocenters. The molecule has 2 aromatic rings. The molecule has 0 heterocycles. The molecule has 3 nitrogen and oxygen atoms in total. The molecule has 0 saturated heterocycles. The fraction of sp³-hybridized carbons (Fsp3) is 0. The van der Waals surface area contributed by atoms with E-state index in [1.165, 1.54) is 6.07 Å². The van der Waals surface area contributed by atoms with Gasteiger partial charge >= 0.3 is 6.03 Å². The Balaban J connectivity index is 2.49. The van der Waals surface area contributed by atoms with Crippen molar-refractivity contribution in [3.05, 3.63) is 60.2 Å². The molecular formula is C13H10F2N2O. The van der Waals surface area contributed by atoms with E-state index in [1.54, 1.807) is 30.3 Å². The van der Waals surface area contributed by atoms with Crippen LogP contribution < -0.4 is 10.6 Å². The fourth-order valence-electron chi connectivity index (χ4n) is 1.60. The molecule has 0 radical (unpaired) electrons. The number of hydrogen-bond acceptors (Lipinski definition) is 1. The molecule has 0 saturated carbocycles. The number of nitrogens with zero attached hydrogens (tertiary/aromatic N) is 1. The smallest absolute Gasteiger partial charge is 0.323 e. The topological polar surface area (TPSA) is 46.3 Å². The molecule has 0 spiro atoms. The van der Waals surface area contributed by atoms with Crippen molar-refractivity contribution in [1.29, 1.82) is 0 Å². The summed E-state index contributed by atoms with van der Waals surface area (Å²) in [7, 11) is 0. The normalized spacial score (nSPS) is 10.1. The number of hydrogen-bond donors (Lipinski definition) is 1. The first-order valence-corrected chi connectivity index (χ1v) is 5.19. The number of para-hydroxylation sites is 1. The van der Waals surface area contributed by atoms with Gasteiger partial charge in [0.2, 0.25) is 0 Å². The number of rotatable bonds is 2. The lowest BCUT2D eigenvalue weighted by Gasteiger charge is -2.20. The first-order chi connectivity index (χ1) is 8.59. The van der Waals surface area contributed by atoms with Crippen LogP contribution >= 0.6 is 0 Å². The van der Waals surface area contributed by atoms with E-state index < -0.39 is 17.7 Å². The summed E-state index contributed by atoms with van der Waals surface area (Å²) in [6.07, 6.45) is 0. The van der Waals surface area contributed by atoms with E-state index in [-0.39, 0.29) is 5.69 Å². The lowest BCUT2D eigenvalue weighted by atomic mass is 10.2. The van der Waals surface area contributed by atoms with Gasteiger partial charge < -0.3 is 5.73 Å². The molecule has 0 bridgehead atoms. The van der Waals surface area contributed by atoms with Gasteiger partial charge in [-0.1, -0.05) is 18.2 Å². The van der Waals surface area contributed by atoms with Crippen LogP contribution in [-0.4, -0.2) is 6.03 Å². The molecule has 2 aromatic carbocycles. The highest BCUT2D eigenvalue weighted by molar-refractivity contribution is 5.98. The minimum Gasteiger partial charge on any atom is -0.351 e. The van der Waals surface area contributed by atoms with Gasteiger partial charge in [0, 0.05) is 6.07 Å². The average molecular weight is 248 g/mol. The largest absolute Gasteiger partial charge is 0.351 e. The van der Waals surface area contributed by atoms with Gasteiger partial charge in [-0.2, -0.15) is 0 Å². The van der Waals surface area contributed by atoms with E-state index in [2.05, 4.69) is 0 Å². The molecule has 2 N–H and O–H groups in total. The summed E-state index contributed by atoms with van der Waals surface area (Å²) in [5.41, 5.74) is 5.92. The molecule has 0 aliphatic heterocycles. The number of carbonyl (C=O) groups excluding carboxylic acids is 1. The van der Waals surface area contributed by atoms with Crippen LogP contribution in [0, 0.1) is 11.6 Å². The highest BCUT2D eigenvalue weighted by Gasteiger charge is 2.16. The van der Waals surface area contributed by atoms with Crippen LogP contribution in [0.15, 0.2) is 48.5 Å². The number of amides is 2. The van der Waals surface area contributed by atoms with Crippen LogP contribution in [0.4, 0.5) is 25.0 Å². The van der Waals surface area contributed by atoms with E-state index in [0.29, 0.717) is 5.69 Å². The lowest BCUT2D eigenvalue weighted by Crippen LogP contribution is -2.31. The fourth-order valence-corrected chi connectivity index (χ4v) is 1.60. The Morgan fingerprint density at radius 3 is 2.17 bits per heavy atom. The minimum absolute atomic E-state index is 0.174. The van der Waals surface area contributed by atoms with Crippen molar-refractivity contribution in [2.75, 3.05) is 4.90 Å². The third-order valence-electron chi connectivity index (χ3n) is 2.40. The highest BCUT2D eigenvalue weighted by Crippen LogP contribution is 2.26. The van der Waals surface area contributed by atoms with Gasteiger partial charge in [-0.15, -0.1) is 0 Å². The summed E-state index contributed by atoms with van der Waals surface area (Å²) in [5.74, 6) is -2.01. The Bertz CT molecular complexity index is 572. The number of halogens is 2. The molecule has 0 fully saturated rings. The van der Waals surface area contributed by atoms with Crippen LogP contribution in [0.2, 0.25) is 0 Å². The molecule has 0 unspecified atom stereocenters. The zero-order valence-corrected chi connectivity index (χ0v) is 9.31. The van der Waals surface area contributed by atoms with Crippen molar-refractivity contribution in [2.45, 2.75) is 0 Å². The van der Waals surface area contributed by atoms with Gasteiger partial charge in [-0.25, -0.2) is 13.6 Å². The number of benzene rings is 2. The predicted octanol–water partition coefficient (Wildman–Crippen LogP) is 3.18. The quantitative estimate of drug-likeness (QED) is 0.871. The van der Waals surface area contributed by atoms with E-state index in [1.807, 2.05) is 0 Å². The SMILES string of the molecule is NC(=O)N(c1ccccc1)c1ccc(F)c(F)c1. The first kappa shape index (κ1) is 12.0. The van der Waals surface area contributed by atoms with Crippen LogP contribution in [0.25, 0.3) is 0 Å². The van der Waals surface area contributed by atoms with Crippen molar-refractivity contribution in [3.8, 4) is 0 Å². The van der Waals surface area contributed by atoms with Gasteiger partial charge in [0.1, 0.15) is 0 Å². The Morgan fingerprint density at radius 2 is 1.61 bits per heavy atom. The number of anilines is 2. The van der Waals surface area contributed by atoms with Gasteiger partial charge in [0.15, 0.2) is 11.6 Å². The minimum atomic E-state index is -1.03. The first-order valence-electron chi connectivity index (χ1n) is 5.19. The molecule has 2 amide bonds. The second kappa shape index (κ2) is 4.83. The maximum atomic E-state index is 13.2. The monoisotopic (exact) mass is 248 g/mol. The van der Waals surface area contributed by atoms with Crippen LogP contribution in [0.1, 0.15) is 0 Å². The summed E-state index contributed by atoms with van der Waals surface area (Å²) in [6.45, 7) is 0. The number of urea groups is 1. The summed E-state index contributed by atoms with van der Waals surface area (Å²) in [5, 5.41) is 0. The van der Waals surface area contributed by atoms with Gasteiger partial charge in [0.25, 0.3) is 0 Å². The molecule has 2 rings (SSSR count). The Hall–Kier alpha value is -2.43. The average Bonchev–Trinajstić information content (AvgIpc) is 2.35. The molecule has 18 heavy (non-hydrogen) atoms. The molecular weight excluding hydrogens is 238 g/mol. The lowest BCUT2D eigenvalue weighted by molar-refractivity contribution is 0.256. The summed E-state index contributed by atoms with van der Waals surface area (Å²) in [4.78, 5) is 12.5. The van der Waals surface area contributed by atoms with Crippen molar-refractivity contribution >= 4 is 17.4 Å². The summed E-state index contributed by atoms with van der Waals surface area (Å²) >= 11 is 0. The predicted molar refractivity (Wildman–Crippen MR) is 64.5 cm³/mol. The maximum Gasteiger partial charge on any atom is 0.323 e. The third-order valence-corrected chi connectivity index (χ3v) is 2.40. The molecule has 0 aliphatic carbocycles. The van der Waals surface area contributed by atoms with E-state index in [4.69, 9.17) is 5.73 Å². The van der Waals surface area contributed by atoms with Crippen LogP contribution in [0.3, 0.4) is 0 Å². The maximum absolute atomic E-state index is 13.2. The van der Waals surface area contributed by atoms with Crippen molar-refractivity contribution in [1.82, 2.24) is 0 Å². The van der Waals surface area contributed by atoms with Crippen molar-refractivity contribution < 1.29 is 13.6 Å². The van der Waals surface area contributed by atoms with Gasteiger partial charge in [-0.05, 0) is 24.3 Å². The Morgan fingerprint density at radius 1 is 0.944 bits per heavy atom. The highest BCUT2D eigenvalue weighted by atomic mass is 19.2.